The van der Waals surface area contributed by atoms with Crippen LogP contribution in [-0.2, 0) is 11.3 Å². The summed E-state index contributed by atoms with van der Waals surface area (Å²) in [6, 6.07) is 8.77. The van der Waals surface area contributed by atoms with Crippen LogP contribution in [0.3, 0.4) is 0 Å². The molecule has 1 aromatic heterocycles. The van der Waals surface area contributed by atoms with Crippen LogP contribution in [-0.4, -0.2) is 12.6 Å². The van der Waals surface area contributed by atoms with E-state index in [2.05, 4.69) is 5.32 Å². The van der Waals surface area contributed by atoms with E-state index in [0.29, 0.717) is 24.4 Å². The fraction of sp³-hybridized carbons (Fsp3) is 0.267. The second-order valence-electron chi connectivity index (χ2n) is 4.37. The lowest BCUT2D eigenvalue weighted by molar-refractivity contribution is 0.0505. The Kier molecular flexibility index (Phi) is 4.65. The first-order valence-electron chi connectivity index (χ1n) is 6.53. The molecule has 20 heavy (non-hydrogen) atoms. The van der Waals surface area contributed by atoms with Crippen LogP contribution in [0.25, 0.3) is 0 Å². The highest BCUT2D eigenvalue weighted by Gasteiger charge is 2.09. The predicted octanol–water partition coefficient (Wildman–Crippen LogP) is 3.04. The fourth-order valence-corrected chi connectivity index (χ4v) is 1.72. The summed E-state index contributed by atoms with van der Waals surface area (Å²) in [4.78, 5) is 11.7. The average molecular weight is 274 g/mol. The average Bonchev–Trinajstić information content (AvgIpc) is 2.96. The van der Waals surface area contributed by atoms with Gasteiger partial charge in [-0.25, -0.2) is 4.79 Å². The van der Waals surface area contributed by atoms with Gasteiger partial charge in [0.15, 0.2) is 0 Å². The molecular weight excluding hydrogens is 256 g/mol. The molecule has 0 aliphatic heterocycles. The molecule has 0 bridgehead atoms. The minimum absolute atomic E-state index is 0.351. The number of hydrogen-bond acceptors (Lipinski definition) is 5. The number of carbonyl (C=O) groups excluding carboxylic acids is 1. The minimum Gasteiger partial charge on any atom is -0.467 e. The molecule has 0 saturated heterocycles. The van der Waals surface area contributed by atoms with Crippen molar-refractivity contribution in [2.45, 2.75) is 19.9 Å². The number of hydrogen-bond donors (Lipinski definition) is 2. The van der Waals surface area contributed by atoms with E-state index in [-0.39, 0.29) is 5.97 Å². The van der Waals surface area contributed by atoms with Crippen molar-refractivity contribution < 1.29 is 13.9 Å². The van der Waals surface area contributed by atoms with E-state index in [1.807, 2.05) is 19.1 Å². The Balaban J connectivity index is 2.00. The van der Waals surface area contributed by atoms with Crippen molar-refractivity contribution in [2.24, 2.45) is 0 Å². The van der Waals surface area contributed by atoms with E-state index in [4.69, 9.17) is 14.9 Å². The highest BCUT2D eigenvalue weighted by Crippen LogP contribution is 2.21. The van der Waals surface area contributed by atoms with Gasteiger partial charge in [0.2, 0.25) is 0 Å². The Bertz CT molecular complexity index is 565. The first-order valence-corrected chi connectivity index (χ1v) is 6.53. The van der Waals surface area contributed by atoms with Crippen LogP contribution >= 0.6 is 0 Å². The van der Waals surface area contributed by atoms with Gasteiger partial charge < -0.3 is 20.2 Å². The van der Waals surface area contributed by atoms with E-state index >= 15 is 0 Å². The van der Waals surface area contributed by atoms with E-state index in [1.54, 1.807) is 24.5 Å². The maximum absolute atomic E-state index is 11.7. The van der Waals surface area contributed by atoms with Gasteiger partial charge >= 0.3 is 5.97 Å². The molecule has 0 fully saturated rings. The molecule has 3 N–H and O–H groups in total. The summed E-state index contributed by atoms with van der Waals surface area (Å²) in [5.41, 5.74) is 7.64. The highest BCUT2D eigenvalue weighted by molar-refractivity contribution is 5.91. The molecule has 2 rings (SSSR count). The van der Waals surface area contributed by atoms with Crippen molar-refractivity contribution >= 4 is 17.3 Å². The largest absolute Gasteiger partial charge is 0.467 e. The molecule has 1 heterocycles. The summed E-state index contributed by atoms with van der Waals surface area (Å²) in [5.74, 6) is 0.465. The number of anilines is 2. The minimum atomic E-state index is -0.351. The molecule has 0 atom stereocenters. The number of nitrogen functional groups attached to an aromatic ring is 1. The zero-order valence-corrected chi connectivity index (χ0v) is 11.4. The van der Waals surface area contributed by atoms with Crippen LogP contribution in [0.15, 0.2) is 41.0 Å². The SMILES string of the molecule is CCCOC(=O)c1ccc(NCc2ccco2)c(N)c1. The predicted molar refractivity (Wildman–Crippen MR) is 77.5 cm³/mol. The number of ether oxygens (including phenoxy) is 1. The smallest absolute Gasteiger partial charge is 0.338 e. The Hall–Kier alpha value is -2.43. The van der Waals surface area contributed by atoms with Crippen molar-refractivity contribution in [3.05, 3.63) is 47.9 Å². The second kappa shape index (κ2) is 6.65. The van der Waals surface area contributed by atoms with Gasteiger partial charge in [0.05, 0.1) is 36.4 Å². The van der Waals surface area contributed by atoms with Crippen molar-refractivity contribution in [3.63, 3.8) is 0 Å². The molecule has 5 heteroatoms. The third-order valence-electron chi connectivity index (χ3n) is 2.76. The maximum atomic E-state index is 11.7. The lowest BCUT2D eigenvalue weighted by Crippen LogP contribution is -2.08. The van der Waals surface area contributed by atoms with Gasteiger partial charge in [-0.15, -0.1) is 0 Å². The third-order valence-corrected chi connectivity index (χ3v) is 2.76. The number of carbonyl (C=O) groups is 1. The Morgan fingerprint density at radius 1 is 1.40 bits per heavy atom. The van der Waals surface area contributed by atoms with Crippen molar-refractivity contribution in [3.8, 4) is 0 Å². The van der Waals surface area contributed by atoms with Crippen molar-refractivity contribution in [1.29, 1.82) is 0 Å². The van der Waals surface area contributed by atoms with E-state index < -0.39 is 0 Å². The second-order valence-corrected chi connectivity index (χ2v) is 4.37. The van der Waals surface area contributed by atoms with Gasteiger partial charge in [-0.3, -0.25) is 0 Å². The lowest BCUT2D eigenvalue weighted by Gasteiger charge is -2.10. The molecule has 2 aromatic rings. The van der Waals surface area contributed by atoms with Gasteiger partial charge in [-0.1, -0.05) is 6.92 Å². The summed E-state index contributed by atoms with van der Waals surface area (Å²) in [6.07, 6.45) is 2.41. The molecule has 0 spiro atoms. The van der Waals surface area contributed by atoms with Crippen LogP contribution in [0, 0.1) is 0 Å². The van der Waals surface area contributed by atoms with Crippen molar-refractivity contribution in [2.75, 3.05) is 17.7 Å². The normalized spacial score (nSPS) is 10.2. The van der Waals surface area contributed by atoms with Crippen LogP contribution in [0.4, 0.5) is 11.4 Å². The number of rotatable bonds is 6. The summed E-state index contributed by atoms with van der Waals surface area (Å²) >= 11 is 0. The molecule has 0 unspecified atom stereocenters. The molecule has 0 radical (unpaired) electrons. The topological polar surface area (TPSA) is 77.5 Å². The van der Waals surface area contributed by atoms with E-state index in [0.717, 1.165) is 17.9 Å². The highest BCUT2D eigenvalue weighted by atomic mass is 16.5. The first-order chi connectivity index (χ1) is 9.70. The molecular formula is C15H18N2O3. The zero-order valence-electron chi connectivity index (χ0n) is 11.4. The molecule has 0 aliphatic rings. The zero-order chi connectivity index (χ0) is 14.4. The van der Waals surface area contributed by atoms with Crippen LogP contribution in [0.5, 0.6) is 0 Å². The van der Waals surface area contributed by atoms with E-state index in [9.17, 15) is 4.79 Å². The van der Waals surface area contributed by atoms with Gasteiger partial charge in [0.25, 0.3) is 0 Å². The Morgan fingerprint density at radius 2 is 2.25 bits per heavy atom. The summed E-state index contributed by atoms with van der Waals surface area (Å²) < 4.78 is 10.3. The molecule has 1 aromatic carbocycles. The molecule has 0 aliphatic carbocycles. The van der Waals surface area contributed by atoms with Crippen LogP contribution in [0.2, 0.25) is 0 Å². The van der Waals surface area contributed by atoms with Crippen LogP contribution in [0.1, 0.15) is 29.5 Å². The summed E-state index contributed by atoms with van der Waals surface area (Å²) in [5, 5.41) is 3.15. The van der Waals surface area contributed by atoms with Gasteiger partial charge in [0.1, 0.15) is 5.76 Å². The third kappa shape index (κ3) is 3.54. The number of furan rings is 1. The van der Waals surface area contributed by atoms with Gasteiger partial charge in [-0.2, -0.15) is 0 Å². The van der Waals surface area contributed by atoms with Crippen molar-refractivity contribution in [1.82, 2.24) is 0 Å². The monoisotopic (exact) mass is 274 g/mol. The van der Waals surface area contributed by atoms with E-state index in [1.165, 1.54) is 0 Å². The number of nitrogens with one attached hydrogen (secondary N) is 1. The number of benzene rings is 1. The van der Waals surface area contributed by atoms with Gasteiger partial charge in [-0.05, 0) is 36.8 Å². The summed E-state index contributed by atoms with van der Waals surface area (Å²) in [6.45, 7) is 2.90. The van der Waals surface area contributed by atoms with Crippen LogP contribution < -0.4 is 11.1 Å². The lowest BCUT2D eigenvalue weighted by atomic mass is 10.1. The summed E-state index contributed by atoms with van der Waals surface area (Å²) in [7, 11) is 0. The molecule has 0 saturated carbocycles. The molecule has 106 valence electrons. The standard InChI is InChI=1S/C15H18N2O3/c1-2-7-20-15(18)11-5-6-14(13(16)9-11)17-10-12-4-3-8-19-12/h3-6,8-9,17H,2,7,10,16H2,1H3. The Morgan fingerprint density at radius 3 is 2.90 bits per heavy atom. The molecule has 5 nitrogen and oxygen atoms in total. The number of esters is 1. The fourth-order valence-electron chi connectivity index (χ4n) is 1.72. The maximum Gasteiger partial charge on any atom is 0.338 e. The number of nitrogens with two attached hydrogens (primary N) is 1. The first kappa shape index (κ1) is 14.0. The Labute approximate surface area is 117 Å². The molecule has 0 amide bonds. The quantitative estimate of drug-likeness (QED) is 0.625. The van der Waals surface area contributed by atoms with Gasteiger partial charge in [0, 0.05) is 0 Å².